The number of amides is 1. The van der Waals surface area contributed by atoms with Gasteiger partial charge < -0.3 is 4.74 Å². The van der Waals surface area contributed by atoms with Crippen molar-refractivity contribution in [3.63, 3.8) is 0 Å². The molecule has 2 aliphatic heterocycles. The van der Waals surface area contributed by atoms with Gasteiger partial charge in [0.2, 0.25) is 0 Å². The lowest BCUT2D eigenvalue weighted by Gasteiger charge is -2.51. The van der Waals surface area contributed by atoms with Gasteiger partial charge in [-0.05, 0) is 19.4 Å². The summed E-state index contributed by atoms with van der Waals surface area (Å²) in [6.45, 7) is 8.84. The van der Waals surface area contributed by atoms with Crippen LogP contribution in [0.15, 0.2) is 19.9 Å². The second-order valence-corrected chi connectivity index (χ2v) is 16.1. The van der Waals surface area contributed by atoms with E-state index in [0.717, 1.165) is 21.7 Å². The molecule has 0 radical (unpaired) electrons. The van der Waals surface area contributed by atoms with Crippen LogP contribution < -0.4 is 0 Å². The minimum atomic E-state index is -3.98. The minimum absolute atomic E-state index is 0.123. The highest BCUT2D eigenvalue weighted by Gasteiger charge is 2.64. The van der Waals surface area contributed by atoms with Crippen LogP contribution in [-0.4, -0.2) is 74.3 Å². The van der Waals surface area contributed by atoms with Crippen LogP contribution in [-0.2, 0) is 24.2 Å². The third kappa shape index (κ3) is 4.46. The second kappa shape index (κ2) is 9.24. The highest BCUT2D eigenvalue weighted by atomic mass is 32.3. The number of Topliss-reactive ketones (excluding diaryl/α,β-unsaturated/α-hetero) is 1. The van der Waals surface area contributed by atoms with Gasteiger partial charge in [-0.2, -0.15) is 0 Å². The Labute approximate surface area is 213 Å². The van der Waals surface area contributed by atoms with Crippen molar-refractivity contribution in [2.75, 3.05) is 12.9 Å². The molecule has 1 fully saturated rings. The van der Waals surface area contributed by atoms with E-state index < -0.39 is 37.2 Å². The zero-order valence-electron chi connectivity index (χ0n) is 19.3. The molecule has 1 saturated heterocycles. The average Bonchev–Trinajstić information content (AvgIpc) is 3.35. The fourth-order valence-corrected chi connectivity index (χ4v) is 10.8. The van der Waals surface area contributed by atoms with Crippen molar-refractivity contribution >= 4 is 67.7 Å². The van der Waals surface area contributed by atoms with Crippen molar-refractivity contribution in [3.05, 3.63) is 21.3 Å². The summed E-state index contributed by atoms with van der Waals surface area (Å²) in [6, 6.07) is 0. The van der Waals surface area contributed by atoms with E-state index in [0.29, 0.717) is 19.3 Å². The number of hydrogen-bond donors (Lipinski definition) is 0. The largest absolute Gasteiger partial charge is 0.368 e. The summed E-state index contributed by atoms with van der Waals surface area (Å²) in [6.07, 6.45) is -1.16. The minimum Gasteiger partial charge on any atom is -0.368 e. The van der Waals surface area contributed by atoms with Crippen molar-refractivity contribution in [1.82, 2.24) is 25.3 Å². The lowest BCUT2D eigenvalue weighted by atomic mass is 9.86. The number of fused-ring (bicyclic) bond motifs is 1. The van der Waals surface area contributed by atoms with Crippen LogP contribution in [0.5, 0.6) is 0 Å². The molecule has 4 heterocycles. The molecule has 0 unspecified atom stereocenters. The number of rotatable bonds is 7. The Morgan fingerprint density at radius 3 is 2.18 bits per heavy atom. The third-order valence-electron chi connectivity index (χ3n) is 5.18. The predicted molar refractivity (Wildman–Crippen MR) is 131 cm³/mol. The molecule has 0 saturated carbocycles. The van der Waals surface area contributed by atoms with Crippen LogP contribution in [0.25, 0.3) is 0 Å². The summed E-state index contributed by atoms with van der Waals surface area (Å²) in [7, 11) is -2.69. The Balaban J connectivity index is 1.88. The number of carbonyl (C=O) groups is 2. The van der Waals surface area contributed by atoms with E-state index in [9.17, 15) is 18.0 Å². The van der Waals surface area contributed by atoms with Crippen molar-refractivity contribution in [2.45, 2.75) is 59.4 Å². The molecule has 0 spiro atoms. The summed E-state index contributed by atoms with van der Waals surface area (Å²) in [5, 5.41) is 16.4. The van der Waals surface area contributed by atoms with E-state index in [2.05, 4.69) is 20.4 Å². The van der Waals surface area contributed by atoms with Gasteiger partial charge >= 0.3 is 0 Å². The molecular weight excluding hydrogens is 539 g/mol. The Morgan fingerprint density at radius 1 is 1.09 bits per heavy atom. The van der Waals surface area contributed by atoms with Gasteiger partial charge in [0.1, 0.15) is 14.6 Å². The fraction of sp³-hybridized carbons (Fsp3) is 0.579. The molecule has 0 aliphatic carbocycles. The summed E-state index contributed by atoms with van der Waals surface area (Å²) < 4.78 is 32.9. The maximum Gasteiger partial charge on any atom is 0.260 e. The molecule has 15 heteroatoms. The number of β-lactam (4-membered cyclic amide) rings is 1. The molecule has 2 aromatic heterocycles. The summed E-state index contributed by atoms with van der Waals surface area (Å²) in [5.74, 6) is -0.694. The summed E-state index contributed by atoms with van der Waals surface area (Å²) in [4.78, 5) is 27.7. The third-order valence-corrected chi connectivity index (χ3v) is 12.3. The quantitative estimate of drug-likeness (QED) is 0.365. The number of nitrogens with zero attached hydrogens (tertiary/aromatic N) is 5. The molecule has 0 aromatic carbocycles. The van der Waals surface area contributed by atoms with Gasteiger partial charge in [0.05, 0.1) is 5.70 Å². The zero-order chi connectivity index (χ0) is 25.0. The van der Waals surface area contributed by atoms with Gasteiger partial charge in [0.15, 0.2) is 35.8 Å². The van der Waals surface area contributed by atoms with Crippen molar-refractivity contribution in [2.24, 2.45) is 5.41 Å². The van der Waals surface area contributed by atoms with Crippen molar-refractivity contribution in [1.29, 1.82) is 0 Å². The van der Waals surface area contributed by atoms with E-state index in [4.69, 9.17) is 4.74 Å². The van der Waals surface area contributed by atoms with Gasteiger partial charge in [0.25, 0.3) is 5.91 Å². The Hall–Kier alpha value is -1.39. The lowest BCUT2D eigenvalue weighted by molar-refractivity contribution is -0.161. The summed E-state index contributed by atoms with van der Waals surface area (Å²) in [5.41, 5.74) is -0.378. The maximum atomic E-state index is 13.8. The fourth-order valence-electron chi connectivity index (χ4n) is 3.58. The first-order valence-electron chi connectivity index (χ1n) is 10.1. The van der Waals surface area contributed by atoms with Crippen LogP contribution in [0.4, 0.5) is 0 Å². The SMILES string of the molecule is CO[C@H]1C(=O)N2C(C(=O)C(C)(C)C)=C(CSc3nnc(C)s3)[C@@H](Sc3nnc(C)s3)S(=O)(=O)[C@H]12. The first kappa shape index (κ1) is 25.7. The van der Waals surface area contributed by atoms with Gasteiger partial charge in [-0.3, -0.25) is 14.5 Å². The summed E-state index contributed by atoms with van der Waals surface area (Å²) >= 11 is 4.97. The molecule has 34 heavy (non-hydrogen) atoms. The van der Waals surface area contributed by atoms with Crippen molar-refractivity contribution in [3.8, 4) is 0 Å². The van der Waals surface area contributed by atoms with Crippen molar-refractivity contribution < 1.29 is 22.7 Å². The van der Waals surface area contributed by atoms with Gasteiger partial charge in [0, 0.05) is 18.3 Å². The van der Waals surface area contributed by atoms with E-state index in [1.807, 2.05) is 6.92 Å². The maximum absolute atomic E-state index is 13.8. The Kier molecular flexibility index (Phi) is 6.98. The lowest BCUT2D eigenvalue weighted by Crippen LogP contribution is -2.72. The molecule has 2 aliphatic rings. The molecule has 0 N–H and O–H groups in total. The number of ether oxygens (including phenoxy) is 1. The van der Waals surface area contributed by atoms with Crippen LogP contribution in [0.1, 0.15) is 30.8 Å². The monoisotopic (exact) mass is 561 g/mol. The first-order chi connectivity index (χ1) is 15.9. The van der Waals surface area contributed by atoms with Crippen LogP contribution >= 0.6 is 46.2 Å². The number of carbonyl (C=O) groups excluding carboxylic acids is 2. The number of sulfone groups is 1. The van der Waals surface area contributed by atoms with Gasteiger partial charge in [-0.1, -0.05) is 67.0 Å². The standard InChI is InChI=1S/C19H23N5O5S5/c1-8-20-22-17(31-8)30-7-10-11(13(25)19(3,4)5)24-14(26)12(29-6)15(24)34(27,28)16(10)33-18-23-21-9(2)32-18/h12,15-16H,7H2,1-6H3/t12-,15+,16-/m0/s1. The molecule has 2 aromatic rings. The molecular formula is C19H23N5O5S5. The van der Waals surface area contributed by atoms with Crippen LogP contribution in [0, 0.1) is 19.3 Å². The molecule has 184 valence electrons. The number of methoxy groups -OCH3 is 1. The predicted octanol–water partition coefficient (Wildman–Crippen LogP) is 2.70. The molecule has 3 atom stereocenters. The molecule has 1 amide bonds. The highest BCUT2D eigenvalue weighted by Crippen LogP contribution is 2.49. The number of aryl methyl sites for hydroxylation is 2. The Bertz CT molecular complexity index is 1280. The topological polar surface area (TPSA) is 132 Å². The van der Waals surface area contributed by atoms with Gasteiger partial charge in [-0.15, -0.1) is 20.4 Å². The smallest absolute Gasteiger partial charge is 0.260 e. The molecule has 10 nitrogen and oxygen atoms in total. The molecule has 4 rings (SSSR count). The van der Waals surface area contributed by atoms with Gasteiger partial charge in [-0.25, -0.2) is 8.42 Å². The highest BCUT2D eigenvalue weighted by molar-refractivity contribution is 8.15. The van der Waals surface area contributed by atoms with E-state index in [1.54, 1.807) is 27.7 Å². The van der Waals surface area contributed by atoms with E-state index >= 15 is 0 Å². The average molecular weight is 562 g/mol. The van der Waals surface area contributed by atoms with E-state index in [1.165, 1.54) is 41.5 Å². The number of allylic oxidation sites excluding steroid dienone is 1. The first-order valence-corrected chi connectivity index (χ1v) is 15.2. The van der Waals surface area contributed by atoms with Crippen LogP contribution in [0.2, 0.25) is 0 Å². The second-order valence-electron chi connectivity index (χ2n) is 8.71. The number of hydrogen-bond acceptors (Lipinski definition) is 13. The number of ketones is 1. The molecule has 0 bridgehead atoms. The van der Waals surface area contributed by atoms with E-state index in [-0.39, 0.29) is 17.2 Å². The Morgan fingerprint density at radius 2 is 1.68 bits per heavy atom. The number of thioether (sulfide) groups is 2. The normalized spacial score (nSPS) is 24.2. The number of aromatic nitrogens is 4. The van der Waals surface area contributed by atoms with Crippen LogP contribution in [0.3, 0.4) is 0 Å². The zero-order valence-corrected chi connectivity index (χ0v) is 23.3.